The van der Waals surface area contributed by atoms with Crippen molar-refractivity contribution in [3.8, 4) is 22.1 Å². The first-order valence-electron chi connectivity index (χ1n) is 5.16. The van der Waals surface area contributed by atoms with Gasteiger partial charge in [0.15, 0.2) is 11.6 Å². The van der Waals surface area contributed by atoms with Crippen LogP contribution in [-0.2, 0) is 0 Å². The molecule has 0 bridgehead atoms. The lowest BCUT2D eigenvalue weighted by Gasteiger charge is -1.97. The van der Waals surface area contributed by atoms with E-state index in [4.69, 9.17) is 0 Å². The average Bonchev–Trinajstić information content (AvgIpc) is 2.99. The fourth-order valence-corrected chi connectivity index (χ4v) is 2.57. The number of aromatic nitrogens is 3. The molecule has 90 valence electrons. The second kappa shape index (κ2) is 4.62. The molecule has 2 aromatic heterocycles. The van der Waals surface area contributed by atoms with E-state index in [0.29, 0.717) is 21.7 Å². The topological polar surface area (TPSA) is 41.6 Å². The van der Waals surface area contributed by atoms with Crippen LogP contribution in [0.4, 0.5) is 4.39 Å². The van der Waals surface area contributed by atoms with Crippen molar-refractivity contribution in [2.24, 2.45) is 0 Å². The number of aromatic amines is 1. The third-order valence-corrected chi connectivity index (χ3v) is 3.78. The molecule has 2 heterocycles. The molecule has 0 aliphatic heterocycles. The maximum atomic E-state index is 13.8. The molecule has 0 fully saturated rings. The zero-order valence-corrected chi connectivity index (χ0v) is 11.4. The summed E-state index contributed by atoms with van der Waals surface area (Å²) in [4.78, 5) is 5.28. The van der Waals surface area contributed by atoms with Gasteiger partial charge in [0, 0.05) is 4.47 Å². The first-order valence-corrected chi connectivity index (χ1v) is 6.83. The molecule has 18 heavy (non-hydrogen) atoms. The van der Waals surface area contributed by atoms with E-state index in [-0.39, 0.29) is 5.82 Å². The minimum atomic E-state index is -0.346. The molecule has 1 aromatic carbocycles. The average molecular weight is 324 g/mol. The zero-order valence-electron chi connectivity index (χ0n) is 9.02. The quantitative estimate of drug-likeness (QED) is 0.771. The van der Waals surface area contributed by atoms with E-state index >= 15 is 0 Å². The van der Waals surface area contributed by atoms with Crippen LogP contribution in [0.15, 0.2) is 40.2 Å². The highest BCUT2D eigenvalue weighted by molar-refractivity contribution is 9.10. The number of thiophene rings is 1. The van der Waals surface area contributed by atoms with Gasteiger partial charge in [-0.1, -0.05) is 22.0 Å². The molecule has 6 heteroatoms. The Morgan fingerprint density at radius 1 is 1.28 bits per heavy atom. The van der Waals surface area contributed by atoms with Crippen LogP contribution in [-0.4, -0.2) is 15.2 Å². The second-order valence-corrected chi connectivity index (χ2v) is 5.47. The molecule has 0 unspecified atom stereocenters. The molecule has 0 atom stereocenters. The summed E-state index contributed by atoms with van der Waals surface area (Å²) in [5.74, 6) is 0.673. The maximum Gasteiger partial charge on any atom is 0.184 e. The van der Waals surface area contributed by atoms with E-state index in [1.807, 2.05) is 17.5 Å². The smallest absolute Gasteiger partial charge is 0.184 e. The molecule has 3 nitrogen and oxygen atoms in total. The molecule has 1 N–H and O–H groups in total. The van der Waals surface area contributed by atoms with Crippen molar-refractivity contribution >= 4 is 27.3 Å². The lowest BCUT2D eigenvalue weighted by atomic mass is 10.2. The van der Waals surface area contributed by atoms with E-state index in [2.05, 4.69) is 31.1 Å². The number of hydrogen-bond acceptors (Lipinski definition) is 3. The van der Waals surface area contributed by atoms with E-state index in [1.165, 1.54) is 6.07 Å². The normalized spacial score (nSPS) is 10.8. The minimum absolute atomic E-state index is 0.346. The monoisotopic (exact) mass is 323 g/mol. The van der Waals surface area contributed by atoms with E-state index in [1.54, 1.807) is 23.5 Å². The van der Waals surface area contributed by atoms with E-state index in [9.17, 15) is 4.39 Å². The highest BCUT2D eigenvalue weighted by atomic mass is 79.9. The molecule has 0 saturated heterocycles. The summed E-state index contributed by atoms with van der Waals surface area (Å²) in [5, 5.41) is 8.82. The number of benzene rings is 1. The van der Waals surface area contributed by atoms with Gasteiger partial charge in [0.25, 0.3) is 0 Å². The Kier molecular flexibility index (Phi) is 2.97. The van der Waals surface area contributed by atoms with Crippen LogP contribution in [0.5, 0.6) is 0 Å². The molecule has 0 aliphatic carbocycles. The van der Waals surface area contributed by atoms with Crippen molar-refractivity contribution < 1.29 is 4.39 Å². The van der Waals surface area contributed by atoms with Crippen molar-refractivity contribution in [2.75, 3.05) is 0 Å². The number of nitrogens with zero attached hydrogens (tertiary/aromatic N) is 2. The summed E-state index contributed by atoms with van der Waals surface area (Å²) in [6, 6.07) is 8.69. The number of nitrogens with one attached hydrogen (secondary N) is 1. The summed E-state index contributed by atoms with van der Waals surface area (Å²) < 4.78 is 14.5. The fraction of sp³-hybridized carbons (Fsp3) is 0. The van der Waals surface area contributed by atoms with Gasteiger partial charge in [0.05, 0.1) is 10.4 Å². The van der Waals surface area contributed by atoms with E-state index < -0.39 is 0 Å². The van der Waals surface area contributed by atoms with Crippen molar-refractivity contribution in [3.05, 3.63) is 46.0 Å². The van der Waals surface area contributed by atoms with Gasteiger partial charge in [0.1, 0.15) is 5.82 Å². The van der Waals surface area contributed by atoms with Crippen LogP contribution in [0.3, 0.4) is 0 Å². The molecule has 0 amide bonds. The Labute approximate surface area is 115 Å². The first-order chi connectivity index (χ1) is 8.74. The SMILES string of the molecule is Fc1cc(Br)ccc1-c1n[nH]c(-c2cccs2)n1. The van der Waals surface area contributed by atoms with Gasteiger partial charge in [-0.15, -0.1) is 11.3 Å². The van der Waals surface area contributed by atoms with Crippen LogP contribution in [0.1, 0.15) is 0 Å². The zero-order chi connectivity index (χ0) is 12.5. The van der Waals surface area contributed by atoms with Gasteiger partial charge in [-0.3, -0.25) is 5.10 Å². The second-order valence-electron chi connectivity index (χ2n) is 3.61. The molecular formula is C12H7BrFN3S. The molecular weight excluding hydrogens is 317 g/mol. The van der Waals surface area contributed by atoms with Crippen molar-refractivity contribution in [2.45, 2.75) is 0 Å². The lowest BCUT2D eigenvalue weighted by Crippen LogP contribution is -1.86. The standard InChI is InChI=1S/C12H7BrFN3S/c13-7-3-4-8(9(14)6-7)11-15-12(17-16-11)10-2-1-5-18-10/h1-6H,(H,15,16,17). The summed E-state index contributed by atoms with van der Waals surface area (Å²) in [7, 11) is 0. The summed E-state index contributed by atoms with van der Waals surface area (Å²) in [6.45, 7) is 0. The Morgan fingerprint density at radius 3 is 2.89 bits per heavy atom. The van der Waals surface area contributed by atoms with Gasteiger partial charge in [-0.25, -0.2) is 9.37 Å². The van der Waals surface area contributed by atoms with Gasteiger partial charge in [0.2, 0.25) is 0 Å². The van der Waals surface area contributed by atoms with Crippen LogP contribution < -0.4 is 0 Å². The Hall–Kier alpha value is -1.53. The van der Waals surface area contributed by atoms with Gasteiger partial charge in [-0.05, 0) is 29.6 Å². The third-order valence-electron chi connectivity index (χ3n) is 2.41. The third kappa shape index (κ3) is 2.09. The van der Waals surface area contributed by atoms with Gasteiger partial charge < -0.3 is 0 Å². The lowest BCUT2D eigenvalue weighted by molar-refractivity contribution is 0.629. The highest BCUT2D eigenvalue weighted by Gasteiger charge is 2.12. The predicted molar refractivity (Wildman–Crippen MR) is 72.8 cm³/mol. The largest absolute Gasteiger partial charge is 0.258 e. The van der Waals surface area contributed by atoms with Crippen LogP contribution >= 0.6 is 27.3 Å². The van der Waals surface area contributed by atoms with E-state index in [0.717, 1.165) is 4.88 Å². The Bertz CT molecular complexity index is 678. The van der Waals surface area contributed by atoms with Crippen molar-refractivity contribution in [1.82, 2.24) is 15.2 Å². The predicted octanol–water partition coefficient (Wildman–Crippen LogP) is 4.10. The summed E-state index contributed by atoms with van der Waals surface area (Å²) in [6.07, 6.45) is 0. The Morgan fingerprint density at radius 2 is 2.17 bits per heavy atom. The molecule has 3 rings (SSSR count). The molecule has 0 radical (unpaired) electrons. The maximum absolute atomic E-state index is 13.8. The molecule has 0 saturated carbocycles. The summed E-state index contributed by atoms with van der Waals surface area (Å²) in [5.41, 5.74) is 0.386. The number of H-pyrrole nitrogens is 1. The van der Waals surface area contributed by atoms with Gasteiger partial charge >= 0.3 is 0 Å². The first kappa shape index (κ1) is 11.6. The van der Waals surface area contributed by atoms with Crippen LogP contribution in [0.25, 0.3) is 22.1 Å². The van der Waals surface area contributed by atoms with Crippen molar-refractivity contribution in [3.63, 3.8) is 0 Å². The number of rotatable bonds is 2. The number of hydrogen-bond donors (Lipinski definition) is 1. The fourth-order valence-electron chi connectivity index (χ4n) is 1.58. The number of halogens is 2. The van der Waals surface area contributed by atoms with Crippen LogP contribution in [0, 0.1) is 5.82 Å². The molecule has 0 spiro atoms. The Balaban J connectivity index is 2.03. The molecule has 0 aliphatic rings. The van der Waals surface area contributed by atoms with Crippen LogP contribution in [0.2, 0.25) is 0 Å². The van der Waals surface area contributed by atoms with Crippen molar-refractivity contribution in [1.29, 1.82) is 0 Å². The van der Waals surface area contributed by atoms with Gasteiger partial charge in [-0.2, -0.15) is 5.10 Å². The highest BCUT2D eigenvalue weighted by Crippen LogP contribution is 2.26. The summed E-state index contributed by atoms with van der Waals surface area (Å²) >= 11 is 4.77. The minimum Gasteiger partial charge on any atom is -0.258 e. The molecule has 3 aromatic rings.